The van der Waals surface area contributed by atoms with Gasteiger partial charge in [0.1, 0.15) is 9.47 Å². The van der Waals surface area contributed by atoms with Gasteiger partial charge in [-0.25, -0.2) is 9.78 Å². The third-order valence-corrected chi connectivity index (χ3v) is 4.55. The average molecular weight is 374 g/mol. The number of hydrogen-bond donors (Lipinski definition) is 1. The molecule has 1 aliphatic rings. The Morgan fingerprint density at radius 2 is 2.30 bits per heavy atom. The van der Waals surface area contributed by atoms with Crippen LogP contribution < -0.4 is 5.32 Å². The zero-order valence-electron chi connectivity index (χ0n) is 11.8. The number of thiocarbonyl (C=S) groups is 1. The van der Waals surface area contributed by atoms with Crippen LogP contribution in [0.2, 0.25) is 5.15 Å². The van der Waals surface area contributed by atoms with E-state index in [1.54, 1.807) is 0 Å². The SMILES string of the molecule is O=C(COC(=O)c1cccnc1Cl)NCCN1C(=O)CSC1=S. The van der Waals surface area contributed by atoms with Crippen molar-refractivity contribution in [2.24, 2.45) is 0 Å². The lowest BCUT2D eigenvalue weighted by molar-refractivity contribution is -0.126. The molecule has 1 aliphatic heterocycles. The van der Waals surface area contributed by atoms with Crippen LogP contribution in [0.4, 0.5) is 0 Å². The van der Waals surface area contributed by atoms with Crippen LogP contribution in [0, 0.1) is 0 Å². The second-order valence-electron chi connectivity index (χ2n) is 4.37. The highest BCUT2D eigenvalue weighted by Gasteiger charge is 2.26. The van der Waals surface area contributed by atoms with Crippen LogP contribution in [0.25, 0.3) is 0 Å². The number of carbonyl (C=O) groups is 3. The molecule has 1 aromatic rings. The van der Waals surface area contributed by atoms with Crippen LogP contribution in [-0.2, 0) is 14.3 Å². The Morgan fingerprint density at radius 3 is 2.96 bits per heavy atom. The fraction of sp³-hybridized carbons (Fsp3) is 0.308. The van der Waals surface area contributed by atoms with E-state index in [9.17, 15) is 14.4 Å². The monoisotopic (exact) mass is 373 g/mol. The molecule has 2 amide bonds. The summed E-state index contributed by atoms with van der Waals surface area (Å²) in [4.78, 5) is 40.0. The molecule has 0 aliphatic carbocycles. The van der Waals surface area contributed by atoms with Crippen molar-refractivity contribution in [1.29, 1.82) is 0 Å². The molecule has 7 nitrogen and oxygen atoms in total. The van der Waals surface area contributed by atoms with E-state index in [-0.39, 0.29) is 23.2 Å². The number of hydrogen-bond acceptors (Lipinski definition) is 7. The van der Waals surface area contributed by atoms with Crippen molar-refractivity contribution in [2.75, 3.05) is 25.4 Å². The summed E-state index contributed by atoms with van der Waals surface area (Å²) >= 11 is 12.1. The molecule has 1 aromatic heterocycles. The van der Waals surface area contributed by atoms with E-state index in [2.05, 4.69) is 10.3 Å². The number of nitrogens with one attached hydrogen (secondary N) is 1. The van der Waals surface area contributed by atoms with Gasteiger partial charge in [-0.1, -0.05) is 35.6 Å². The van der Waals surface area contributed by atoms with Crippen molar-refractivity contribution in [2.45, 2.75) is 0 Å². The smallest absolute Gasteiger partial charge is 0.341 e. The highest BCUT2D eigenvalue weighted by atomic mass is 35.5. The van der Waals surface area contributed by atoms with E-state index in [1.807, 2.05) is 0 Å². The van der Waals surface area contributed by atoms with E-state index in [0.29, 0.717) is 16.6 Å². The first-order valence-corrected chi connectivity index (χ1v) is 8.27. The van der Waals surface area contributed by atoms with Crippen LogP contribution in [0.15, 0.2) is 18.3 Å². The molecular weight excluding hydrogens is 362 g/mol. The molecule has 1 saturated heterocycles. The van der Waals surface area contributed by atoms with Gasteiger partial charge < -0.3 is 10.1 Å². The van der Waals surface area contributed by atoms with Gasteiger partial charge in [-0.2, -0.15) is 0 Å². The molecule has 10 heteroatoms. The quantitative estimate of drug-likeness (QED) is 0.449. The number of ether oxygens (including phenoxy) is 1. The molecule has 0 spiro atoms. The minimum atomic E-state index is -0.731. The van der Waals surface area contributed by atoms with Gasteiger partial charge in [-0.3, -0.25) is 14.5 Å². The Labute approximate surface area is 146 Å². The highest BCUT2D eigenvalue weighted by molar-refractivity contribution is 8.23. The molecule has 0 radical (unpaired) electrons. The van der Waals surface area contributed by atoms with Crippen molar-refractivity contribution >= 4 is 57.7 Å². The zero-order valence-corrected chi connectivity index (χ0v) is 14.2. The minimum Gasteiger partial charge on any atom is -0.452 e. The number of halogens is 1. The topological polar surface area (TPSA) is 88.6 Å². The van der Waals surface area contributed by atoms with E-state index in [4.69, 9.17) is 28.6 Å². The van der Waals surface area contributed by atoms with Gasteiger partial charge >= 0.3 is 5.97 Å². The third kappa shape index (κ3) is 4.88. The van der Waals surface area contributed by atoms with Crippen LogP contribution in [-0.4, -0.2) is 57.4 Å². The summed E-state index contributed by atoms with van der Waals surface area (Å²) in [6.45, 7) is 0.0620. The number of aromatic nitrogens is 1. The summed E-state index contributed by atoms with van der Waals surface area (Å²) in [6.07, 6.45) is 1.44. The molecule has 23 heavy (non-hydrogen) atoms. The molecule has 1 fully saturated rings. The minimum absolute atomic E-state index is 0.0106. The summed E-state index contributed by atoms with van der Waals surface area (Å²) in [7, 11) is 0. The molecule has 0 aromatic carbocycles. The van der Waals surface area contributed by atoms with Gasteiger partial charge in [0.15, 0.2) is 6.61 Å². The highest BCUT2D eigenvalue weighted by Crippen LogP contribution is 2.18. The number of carbonyl (C=O) groups excluding carboxylic acids is 3. The van der Waals surface area contributed by atoms with Crippen molar-refractivity contribution in [3.63, 3.8) is 0 Å². The molecule has 0 unspecified atom stereocenters. The van der Waals surface area contributed by atoms with E-state index < -0.39 is 18.5 Å². The molecular formula is C13H12ClN3O4S2. The Balaban J connectivity index is 1.71. The van der Waals surface area contributed by atoms with Crippen molar-refractivity contribution in [3.8, 4) is 0 Å². The third-order valence-electron chi connectivity index (χ3n) is 2.81. The maximum Gasteiger partial charge on any atom is 0.341 e. The predicted octanol–water partition coefficient (Wildman–Crippen LogP) is 0.868. The molecule has 2 rings (SSSR count). The van der Waals surface area contributed by atoms with E-state index >= 15 is 0 Å². The molecule has 122 valence electrons. The molecule has 1 N–H and O–H groups in total. The second kappa shape index (κ2) is 8.23. The Bertz CT molecular complexity index is 640. The number of thioether (sulfide) groups is 1. The van der Waals surface area contributed by atoms with Gasteiger partial charge in [-0.15, -0.1) is 0 Å². The Morgan fingerprint density at radius 1 is 1.52 bits per heavy atom. The Kier molecular flexibility index (Phi) is 6.31. The number of nitrogens with zero attached hydrogens (tertiary/aromatic N) is 2. The van der Waals surface area contributed by atoms with Crippen LogP contribution in [0.5, 0.6) is 0 Å². The number of pyridine rings is 1. The van der Waals surface area contributed by atoms with Crippen LogP contribution in [0.3, 0.4) is 0 Å². The van der Waals surface area contributed by atoms with Gasteiger partial charge in [-0.05, 0) is 12.1 Å². The van der Waals surface area contributed by atoms with Crippen LogP contribution in [0.1, 0.15) is 10.4 Å². The van der Waals surface area contributed by atoms with Gasteiger partial charge in [0.25, 0.3) is 5.91 Å². The van der Waals surface area contributed by atoms with Crippen molar-refractivity contribution in [1.82, 2.24) is 15.2 Å². The summed E-state index contributed by atoms with van der Waals surface area (Å²) in [5, 5.41) is 2.56. The fourth-order valence-electron chi connectivity index (χ4n) is 1.70. The summed E-state index contributed by atoms with van der Waals surface area (Å²) in [5.41, 5.74) is 0.0898. The summed E-state index contributed by atoms with van der Waals surface area (Å²) in [6, 6.07) is 2.99. The Hall–Kier alpha value is -1.71. The van der Waals surface area contributed by atoms with Gasteiger partial charge in [0.05, 0.1) is 11.3 Å². The largest absolute Gasteiger partial charge is 0.452 e. The molecule has 0 bridgehead atoms. The van der Waals surface area contributed by atoms with E-state index in [0.717, 1.165) is 0 Å². The molecule has 0 atom stereocenters. The first-order valence-electron chi connectivity index (χ1n) is 6.50. The lowest BCUT2D eigenvalue weighted by atomic mass is 10.3. The lowest BCUT2D eigenvalue weighted by Gasteiger charge is -2.15. The number of rotatable bonds is 6. The summed E-state index contributed by atoms with van der Waals surface area (Å²) in [5.74, 6) is -0.961. The normalized spacial score (nSPS) is 14.0. The fourth-order valence-corrected chi connectivity index (χ4v) is 3.02. The molecule has 2 heterocycles. The van der Waals surface area contributed by atoms with Crippen molar-refractivity contribution in [3.05, 3.63) is 29.0 Å². The first-order chi connectivity index (χ1) is 11.0. The second-order valence-corrected chi connectivity index (χ2v) is 6.33. The molecule has 0 saturated carbocycles. The predicted molar refractivity (Wildman–Crippen MR) is 89.3 cm³/mol. The van der Waals surface area contributed by atoms with Gasteiger partial charge in [0.2, 0.25) is 5.91 Å². The number of amides is 2. The lowest BCUT2D eigenvalue weighted by Crippen LogP contribution is -2.38. The van der Waals surface area contributed by atoms with Gasteiger partial charge in [0, 0.05) is 19.3 Å². The maximum absolute atomic E-state index is 11.7. The van der Waals surface area contributed by atoms with Crippen LogP contribution >= 0.6 is 35.6 Å². The van der Waals surface area contributed by atoms with Crippen molar-refractivity contribution < 1.29 is 19.1 Å². The number of esters is 1. The first kappa shape index (κ1) is 17.6. The standard InChI is InChI=1S/C13H12ClN3O4S2/c14-11-8(2-1-3-16-11)12(20)21-6-9(18)15-4-5-17-10(19)7-23-13(17)22/h1-3H,4-7H2,(H,15,18). The zero-order chi connectivity index (χ0) is 16.8. The van der Waals surface area contributed by atoms with E-state index in [1.165, 1.54) is 35.0 Å². The maximum atomic E-state index is 11.7. The summed E-state index contributed by atoms with van der Waals surface area (Å²) < 4.78 is 5.35. The average Bonchev–Trinajstić information content (AvgIpc) is 2.85.